The maximum Gasteiger partial charge on any atom is 0.270 e. The molecule has 1 saturated heterocycles. The van der Waals surface area contributed by atoms with Crippen LogP contribution in [0.3, 0.4) is 0 Å². The van der Waals surface area contributed by atoms with Crippen LogP contribution in [0.4, 0.5) is 5.82 Å². The van der Waals surface area contributed by atoms with E-state index in [1.54, 1.807) is 6.07 Å². The summed E-state index contributed by atoms with van der Waals surface area (Å²) in [6, 6.07) is 10.5. The average molecular weight is 457 g/mol. The van der Waals surface area contributed by atoms with Crippen molar-refractivity contribution in [2.75, 3.05) is 56.6 Å². The minimum absolute atomic E-state index is 0.191. The molecule has 1 fully saturated rings. The minimum Gasteiger partial charge on any atom is -0.390 e. The summed E-state index contributed by atoms with van der Waals surface area (Å²) in [5.41, 5.74) is 3.00. The van der Waals surface area contributed by atoms with E-state index in [0.29, 0.717) is 24.1 Å². The Hall–Kier alpha value is -2.20. The van der Waals surface area contributed by atoms with Gasteiger partial charge >= 0.3 is 0 Å². The molecule has 4 rings (SSSR count). The van der Waals surface area contributed by atoms with Crippen molar-refractivity contribution in [1.82, 2.24) is 25.1 Å². The van der Waals surface area contributed by atoms with Gasteiger partial charge in [-0.3, -0.25) is 14.6 Å². The molecule has 1 amide bonds. The number of nitrogens with one attached hydrogen (secondary N) is 2. The van der Waals surface area contributed by atoms with Crippen LogP contribution in [-0.4, -0.2) is 94.2 Å². The molecule has 0 aliphatic carbocycles. The van der Waals surface area contributed by atoms with Crippen LogP contribution in [0.25, 0.3) is 0 Å². The third-order valence-corrected chi connectivity index (χ3v) is 6.59. The van der Waals surface area contributed by atoms with E-state index in [1.165, 1.54) is 17.5 Å². The first kappa shape index (κ1) is 23.0. The van der Waals surface area contributed by atoms with Gasteiger partial charge in [-0.15, -0.1) is 0 Å². The molecule has 0 bridgehead atoms. The lowest BCUT2D eigenvalue weighted by Gasteiger charge is -2.39. The number of hydrogen-bond donors (Lipinski definition) is 3. The molecule has 2 aliphatic heterocycles. The van der Waals surface area contributed by atoms with Crippen molar-refractivity contribution in [3.63, 3.8) is 0 Å². The molecule has 2 aromatic rings. The zero-order valence-corrected chi connectivity index (χ0v) is 19.4. The highest BCUT2D eigenvalue weighted by Gasteiger charge is 2.26. The molecule has 1 atom stereocenters. The number of amides is 1. The van der Waals surface area contributed by atoms with E-state index in [0.717, 1.165) is 44.9 Å². The maximum atomic E-state index is 12.5. The van der Waals surface area contributed by atoms with Gasteiger partial charge in [-0.2, -0.15) is 11.8 Å². The smallest absolute Gasteiger partial charge is 0.270 e. The largest absolute Gasteiger partial charge is 0.390 e. The Kier molecular flexibility index (Phi) is 7.96. The predicted octanol–water partition coefficient (Wildman–Crippen LogP) is 1.08. The fourth-order valence-electron chi connectivity index (χ4n) is 4.21. The number of β-amino-alcohol motifs (C(OH)–C–C–N with tert-alkyl or cyclic N) is 1. The van der Waals surface area contributed by atoms with Gasteiger partial charge in [0.2, 0.25) is 0 Å². The number of likely N-dealkylation sites (tertiary alicyclic amines) is 1. The lowest BCUT2D eigenvalue weighted by Crippen LogP contribution is -2.55. The van der Waals surface area contributed by atoms with Gasteiger partial charge < -0.3 is 15.7 Å². The van der Waals surface area contributed by atoms with Crippen molar-refractivity contribution < 1.29 is 9.90 Å². The standard InChI is InChI=1S/C23H32N6O2S/c1-32-9-8-29-13-19(14-29)27-22-10-21(25-16-26-22)23(31)24-11-20(30)15-28-7-6-17-4-2-3-5-18(17)12-28/h2-5,10,16,19-20,30H,6-9,11-15H2,1H3,(H,24,31)(H,25,26,27)/t20-/m0/s1. The molecule has 0 saturated carbocycles. The number of carbonyl (C=O) groups excluding carboxylic acids is 1. The Morgan fingerprint density at radius 3 is 2.88 bits per heavy atom. The number of nitrogens with zero attached hydrogens (tertiary/aromatic N) is 4. The number of carbonyl (C=O) groups is 1. The van der Waals surface area contributed by atoms with Crippen LogP contribution in [0.2, 0.25) is 0 Å². The maximum absolute atomic E-state index is 12.5. The van der Waals surface area contributed by atoms with Crippen molar-refractivity contribution in [2.24, 2.45) is 0 Å². The number of aliphatic hydroxyl groups excluding tert-OH is 1. The molecule has 8 nitrogen and oxygen atoms in total. The van der Waals surface area contributed by atoms with Crippen LogP contribution in [0.15, 0.2) is 36.7 Å². The van der Waals surface area contributed by atoms with E-state index in [2.05, 4.69) is 60.9 Å². The normalized spacial score (nSPS) is 17.9. The third-order valence-electron chi connectivity index (χ3n) is 6.00. The lowest BCUT2D eigenvalue weighted by atomic mass is 10.00. The van der Waals surface area contributed by atoms with Crippen LogP contribution in [-0.2, 0) is 13.0 Å². The summed E-state index contributed by atoms with van der Waals surface area (Å²) in [5.74, 6) is 1.50. The number of aliphatic hydroxyl groups is 1. The molecule has 1 aromatic heterocycles. The Morgan fingerprint density at radius 1 is 1.25 bits per heavy atom. The topological polar surface area (TPSA) is 93.6 Å². The highest BCUT2D eigenvalue weighted by molar-refractivity contribution is 7.98. The number of aromatic nitrogens is 2. The van der Waals surface area contributed by atoms with Crippen molar-refractivity contribution in [1.29, 1.82) is 0 Å². The molecule has 172 valence electrons. The summed E-state index contributed by atoms with van der Waals surface area (Å²) in [4.78, 5) is 25.5. The summed E-state index contributed by atoms with van der Waals surface area (Å²) in [6.45, 7) is 5.54. The van der Waals surface area contributed by atoms with Crippen LogP contribution < -0.4 is 10.6 Å². The van der Waals surface area contributed by atoms with Gasteiger partial charge in [0, 0.05) is 57.6 Å². The SMILES string of the molecule is CSCCN1CC(Nc2cc(C(=O)NC[C@H](O)CN3CCc4ccccc4C3)ncn2)C1. The first-order chi connectivity index (χ1) is 15.6. The van der Waals surface area contributed by atoms with Crippen molar-refractivity contribution >= 4 is 23.5 Å². The number of hydrogen-bond acceptors (Lipinski definition) is 8. The molecule has 0 radical (unpaired) electrons. The van der Waals surface area contributed by atoms with E-state index in [1.807, 2.05) is 11.8 Å². The molecular formula is C23H32N6O2S. The first-order valence-corrected chi connectivity index (χ1v) is 12.6. The van der Waals surface area contributed by atoms with Crippen molar-refractivity contribution in [3.05, 3.63) is 53.5 Å². The second-order valence-corrected chi connectivity index (χ2v) is 9.49. The van der Waals surface area contributed by atoms with Crippen LogP contribution >= 0.6 is 11.8 Å². The molecule has 0 spiro atoms. The Balaban J connectivity index is 1.20. The van der Waals surface area contributed by atoms with Crippen molar-refractivity contribution in [2.45, 2.75) is 25.1 Å². The predicted molar refractivity (Wildman–Crippen MR) is 128 cm³/mol. The summed E-state index contributed by atoms with van der Waals surface area (Å²) < 4.78 is 0. The Labute approximate surface area is 193 Å². The zero-order chi connectivity index (χ0) is 22.3. The minimum atomic E-state index is -0.633. The fraction of sp³-hybridized carbons (Fsp3) is 0.522. The average Bonchev–Trinajstić information content (AvgIpc) is 2.79. The van der Waals surface area contributed by atoms with Crippen molar-refractivity contribution in [3.8, 4) is 0 Å². The second-order valence-electron chi connectivity index (χ2n) is 8.50. The summed E-state index contributed by atoms with van der Waals surface area (Å²) in [7, 11) is 0. The molecule has 3 N–H and O–H groups in total. The van der Waals surface area contributed by atoms with Gasteiger partial charge in [0.25, 0.3) is 5.91 Å². The number of anilines is 1. The lowest BCUT2D eigenvalue weighted by molar-refractivity contribution is 0.0838. The van der Waals surface area contributed by atoms with Crippen LogP contribution in [0, 0.1) is 0 Å². The molecule has 9 heteroatoms. The van der Waals surface area contributed by atoms with E-state index >= 15 is 0 Å². The third kappa shape index (κ3) is 6.19. The summed E-state index contributed by atoms with van der Waals surface area (Å²) in [5, 5.41) is 16.6. The molecule has 0 unspecified atom stereocenters. The van der Waals surface area contributed by atoms with Gasteiger partial charge in [-0.05, 0) is 23.8 Å². The van der Waals surface area contributed by atoms with Crippen LogP contribution in [0.1, 0.15) is 21.6 Å². The van der Waals surface area contributed by atoms with E-state index < -0.39 is 6.10 Å². The first-order valence-electron chi connectivity index (χ1n) is 11.2. The highest BCUT2D eigenvalue weighted by Crippen LogP contribution is 2.18. The molecule has 3 heterocycles. The number of rotatable bonds is 10. The Morgan fingerprint density at radius 2 is 2.06 bits per heavy atom. The van der Waals surface area contributed by atoms with E-state index in [9.17, 15) is 9.90 Å². The summed E-state index contributed by atoms with van der Waals surface area (Å²) >= 11 is 1.86. The van der Waals surface area contributed by atoms with Gasteiger partial charge in [0.15, 0.2) is 0 Å². The van der Waals surface area contributed by atoms with E-state index in [-0.39, 0.29) is 12.5 Å². The number of thioether (sulfide) groups is 1. The second kappa shape index (κ2) is 11.1. The quantitative estimate of drug-likeness (QED) is 0.489. The van der Waals surface area contributed by atoms with Crippen LogP contribution in [0.5, 0.6) is 0 Å². The van der Waals surface area contributed by atoms with Gasteiger partial charge in [-0.25, -0.2) is 9.97 Å². The number of benzene rings is 1. The zero-order valence-electron chi connectivity index (χ0n) is 18.5. The number of fused-ring (bicyclic) bond motifs is 1. The monoisotopic (exact) mass is 456 g/mol. The highest BCUT2D eigenvalue weighted by atomic mass is 32.2. The van der Waals surface area contributed by atoms with Gasteiger partial charge in [0.1, 0.15) is 17.8 Å². The molecule has 1 aromatic carbocycles. The van der Waals surface area contributed by atoms with E-state index in [4.69, 9.17) is 0 Å². The summed E-state index contributed by atoms with van der Waals surface area (Å²) in [6.07, 6.45) is 3.88. The Bertz CT molecular complexity index is 908. The van der Waals surface area contributed by atoms with Gasteiger partial charge in [0.05, 0.1) is 12.1 Å². The molecule has 2 aliphatic rings. The fourth-order valence-corrected chi connectivity index (χ4v) is 4.65. The van der Waals surface area contributed by atoms with Gasteiger partial charge in [-0.1, -0.05) is 24.3 Å². The molecular weight excluding hydrogens is 424 g/mol. The molecule has 32 heavy (non-hydrogen) atoms.